The van der Waals surface area contributed by atoms with Crippen LogP contribution in [0.4, 0.5) is 4.39 Å². The van der Waals surface area contributed by atoms with Crippen LogP contribution in [0, 0.1) is 5.82 Å². The van der Waals surface area contributed by atoms with Crippen LogP contribution < -0.4 is 0 Å². The number of carboxylic acids is 1. The Balaban J connectivity index is 2.27. The molecule has 0 aliphatic carbocycles. The number of carboxylic acid groups (broad SMARTS) is 1. The molecule has 3 rings (SSSR count). The number of halogens is 1. The summed E-state index contributed by atoms with van der Waals surface area (Å²) < 4.78 is 15.7. The number of Topliss-reactive ketones (excluding diaryl/α,β-unsaturated/α-hetero) is 1. The molecular formula is C30H35FN2O6. The molecular weight excluding hydrogens is 503 g/mol. The number of rotatable bonds is 12. The summed E-state index contributed by atoms with van der Waals surface area (Å²) in [4.78, 5) is 38.9. The average molecular weight is 539 g/mol. The number of ketones is 1. The molecule has 1 aromatic heterocycles. The van der Waals surface area contributed by atoms with Crippen LogP contribution in [0.1, 0.15) is 55.3 Å². The van der Waals surface area contributed by atoms with Crippen LogP contribution >= 0.6 is 0 Å². The molecule has 39 heavy (non-hydrogen) atoms. The lowest BCUT2D eigenvalue weighted by molar-refractivity contribution is -0.139. The topological polar surface area (TPSA) is 120 Å². The molecule has 0 bridgehead atoms. The molecule has 0 saturated heterocycles. The van der Waals surface area contributed by atoms with Crippen molar-refractivity contribution in [3.63, 3.8) is 0 Å². The van der Waals surface area contributed by atoms with Crippen molar-refractivity contribution in [1.29, 1.82) is 0 Å². The molecule has 2 aromatic carbocycles. The van der Waals surface area contributed by atoms with E-state index in [0.717, 1.165) is 0 Å². The number of aliphatic hydroxyl groups is 2. The molecule has 3 N–H and O–H groups in total. The van der Waals surface area contributed by atoms with Crippen LogP contribution in [-0.2, 0) is 16.0 Å². The van der Waals surface area contributed by atoms with Crippen molar-refractivity contribution < 1.29 is 34.1 Å². The zero-order chi connectivity index (χ0) is 28.9. The Kier molecular flexibility index (Phi) is 9.77. The summed E-state index contributed by atoms with van der Waals surface area (Å²) in [5, 5.41) is 29.6. The Hall–Kier alpha value is -3.82. The van der Waals surface area contributed by atoms with Gasteiger partial charge in [0, 0.05) is 37.0 Å². The van der Waals surface area contributed by atoms with Gasteiger partial charge in [-0.3, -0.25) is 14.4 Å². The van der Waals surface area contributed by atoms with Crippen molar-refractivity contribution in [1.82, 2.24) is 9.47 Å². The first-order chi connectivity index (χ1) is 18.4. The number of likely N-dealkylation sites (N-methyl/N-ethyl adjacent to an activating group) is 1. The molecule has 2 atom stereocenters. The molecule has 1 amide bonds. The van der Waals surface area contributed by atoms with E-state index in [2.05, 4.69) is 0 Å². The van der Waals surface area contributed by atoms with E-state index >= 15 is 0 Å². The van der Waals surface area contributed by atoms with Crippen LogP contribution in [0.15, 0.2) is 54.6 Å². The predicted molar refractivity (Wildman–Crippen MR) is 146 cm³/mol. The van der Waals surface area contributed by atoms with Gasteiger partial charge in [0.2, 0.25) is 0 Å². The van der Waals surface area contributed by atoms with Gasteiger partial charge in [0.1, 0.15) is 11.5 Å². The van der Waals surface area contributed by atoms with Gasteiger partial charge in [-0.05, 0) is 56.4 Å². The van der Waals surface area contributed by atoms with Gasteiger partial charge < -0.3 is 24.8 Å². The third-order valence-corrected chi connectivity index (χ3v) is 6.50. The molecule has 9 heteroatoms. The summed E-state index contributed by atoms with van der Waals surface area (Å²) in [7, 11) is 3.01. The molecule has 0 fully saturated rings. The van der Waals surface area contributed by atoms with E-state index in [9.17, 15) is 29.0 Å². The van der Waals surface area contributed by atoms with Crippen molar-refractivity contribution in [3.8, 4) is 22.3 Å². The fraction of sp³-hybridized carbons (Fsp3) is 0.367. The van der Waals surface area contributed by atoms with Crippen LogP contribution in [-0.4, -0.2) is 68.7 Å². The number of hydrogen-bond acceptors (Lipinski definition) is 5. The van der Waals surface area contributed by atoms with Gasteiger partial charge in [0.05, 0.1) is 18.6 Å². The van der Waals surface area contributed by atoms with Crippen molar-refractivity contribution in [3.05, 3.63) is 71.8 Å². The third kappa shape index (κ3) is 6.99. The van der Waals surface area contributed by atoms with E-state index in [1.54, 1.807) is 16.7 Å². The normalized spacial score (nSPS) is 12.8. The SMILES string of the molecule is CC(C)n1c(CC[C@@H](O)C[C@@H](O)CC(=O)O)c(-c2ccc(F)cc2)c(-c2ccccc2)c1C(=O)C(=O)N(C)C. The molecule has 208 valence electrons. The molecule has 1 heterocycles. The fourth-order valence-corrected chi connectivity index (χ4v) is 4.81. The number of aromatic nitrogens is 1. The molecule has 0 saturated carbocycles. The molecule has 8 nitrogen and oxygen atoms in total. The summed E-state index contributed by atoms with van der Waals surface area (Å²) in [5.74, 6) is -2.98. The molecule has 0 spiro atoms. The highest BCUT2D eigenvalue weighted by molar-refractivity contribution is 6.43. The molecule has 0 unspecified atom stereocenters. The average Bonchev–Trinajstić information content (AvgIpc) is 3.22. The lowest BCUT2D eigenvalue weighted by atomic mass is 9.92. The second-order valence-electron chi connectivity index (χ2n) is 10.1. The van der Waals surface area contributed by atoms with Gasteiger partial charge in [0.15, 0.2) is 0 Å². The van der Waals surface area contributed by atoms with Gasteiger partial charge in [0.25, 0.3) is 11.7 Å². The van der Waals surface area contributed by atoms with Crippen molar-refractivity contribution in [2.45, 2.75) is 57.8 Å². The van der Waals surface area contributed by atoms with Crippen molar-refractivity contribution >= 4 is 17.7 Å². The van der Waals surface area contributed by atoms with Crippen LogP contribution in [0.3, 0.4) is 0 Å². The molecule has 0 radical (unpaired) electrons. The largest absolute Gasteiger partial charge is 0.481 e. The lowest BCUT2D eigenvalue weighted by Gasteiger charge is -2.20. The van der Waals surface area contributed by atoms with Gasteiger partial charge in [-0.25, -0.2) is 4.39 Å². The highest BCUT2D eigenvalue weighted by Crippen LogP contribution is 2.43. The quantitative estimate of drug-likeness (QED) is 0.233. The van der Waals surface area contributed by atoms with Crippen molar-refractivity contribution in [2.24, 2.45) is 0 Å². The van der Waals surface area contributed by atoms with E-state index in [-0.39, 0.29) is 31.0 Å². The monoisotopic (exact) mass is 538 g/mol. The van der Waals surface area contributed by atoms with Gasteiger partial charge in [-0.15, -0.1) is 0 Å². The summed E-state index contributed by atoms with van der Waals surface area (Å²) in [6.45, 7) is 3.77. The van der Waals surface area contributed by atoms with Gasteiger partial charge in [-0.2, -0.15) is 0 Å². The van der Waals surface area contributed by atoms with E-state index in [1.165, 1.54) is 31.1 Å². The maximum Gasteiger partial charge on any atom is 0.305 e. The highest BCUT2D eigenvalue weighted by atomic mass is 19.1. The fourth-order valence-electron chi connectivity index (χ4n) is 4.81. The maximum atomic E-state index is 13.9. The Labute approximate surface area is 227 Å². The van der Waals surface area contributed by atoms with Crippen LogP contribution in [0.5, 0.6) is 0 Å². The summed E-state index contributed by atoms with van der Waals surface area (Å²) >= 11 is 0. The Bertz CT molecular complexity index is 1320. The zero-order valence-corrected chi connectivity index (χ0v) is 22.6. The summed E-state index contributed by atoms with van der Waals surface area (Å²) in [6, 6.07) is 14.8. The number of amides is 1. The third-order valence-electron chi connectivity index (χ3n) is 6.50. The first-order valence-electron chi connectivity index (χ1n) is 12.8. The standard InChI is InChI=1S/C30H35FN2O6/c1-18(2)33-24(15-14-22(34)16-23(35)17-25(36)37)26(20-10-12-21(31)13-11-20)27(19-8-6-5-7-9-19)28(33)29(38)30(39)32(3)4/h5-13,18,22-23,34-35H,14-17H2,1-4H3,(H,36,37)/t22-,23-/m1/s1. The van der Waals surface area contributed by atoms with E-state index in [4.69, 9.17) is 5.11 Å². The number of nitrogens with zero attached hydrogens (tertiary/aromatic N) is 2. The summed E-state index contributed by atoms with van der Waals surface area (Å²) in [5.41, 5.74) is 3.37. The first-order valence-corrected chi connectivity index (χ1v) is 12.8. The molecule has 0 aliphatic rings. The lowest BCUT2D eigenvalue weighted by Crippen LogP contribution is -2.32. The van der Waals surface area contributed by atoms with Crippen LogP contribution in [0.2, 0.25) is 0 Å². The Morgan fingerprint density at radius 2 is 1.49 bits per heavy atom. The van der Waals surface area contributed by atoms with E-state index in [1.807, 2.05) is 44.2 Å². The highest BCUT2D eigenvalue weighted by Gasteiger charge is 2.33. The van der Waals surface area contributed by atoms with Gasteiger partial charge in [-0.1, -0.05) is 42.5 Å². The van der Waals surface area contributed by atoms with Gasteiger partial charge >= 0.3 is 5.97 Å². The smallest absolute Gasteiger partial charge is 0.305 e. The minimum absolute atomic E-state index is 0.128. The summed E-state index contributed by atoms with van der Waals surface area (Å²) in [6.07, 6.45) is -2.43. The van der Waals surface area contributed by atoms with Crippen LogP contribution in [0.25, 0.3) is 22.3 Å². The molecule has 0 aliphatic heterocycles. The van der Waals surface area contributed by atoms with E-state index < -0.39 is 42.1 Å². The zero-order valence-electron chi connectivity index (χ0n) is 22.6. The maximum absolute atomic E-state index is 13.9. The molecule has 3 aromatic rings. The number of carbonyl (C=O) groups is 3. The first kappa shape index (κ1) is 29.7. The number of benzene rings is 2. The minimum atomic E-state index is -1.21. The predicted octanol–water partition coefficient (Wildman–Crippen LogP) is 4.33. The van der Waals surface area contributed by atoms with E-state index in [0.29, 0.717) is 27.9 Å². The Morgan fingerprint density at radius 3 is 2.03 bits per heavy atom. The van der Waals surface area contributed by atoms with Crippen molar-refractivity contribution in [2.75, 3.05) is 14.1 Å². The Morgan fingerprint density at radius 1 is 0.897 bits per heavy atom. The minimum Gasteiger partial charge on any atom is -0.481 e. The number of aliphatic hydroxyl groups excluding tert-OH is 2. The second kappa shape index (κ2) is 12.8. The number of carbonyl (C=O) groups excluding carboxylic acids is 2. The second-order valence-corrected chi connectivity index (χ2v) is 10.1. The number of hydrogen-bond donors (Lipinski definition) is 3. The number of aliphatic carboxylic acids is 1.